The Morgan fingerprint density at radius 3 is 2.08 bits per heavy atom. The van der Waals surface area contributed by atoms with Crippen molar-refractivity contribution in [2.45, 2.75) is 25.8 Å². The number of nitrogens with zero attached hydrogens (tertiary/aromatic N) is 4. The average Bonchev–Trinajstić information content (AvgIpc) is 3.17. The van der Waals surface area contributed by atoms with E-state index in [1.165, 1.54) is 0 Å². The van der Waals surface area contributed by atoms with Crippen LogP contribution >= 0.6 is 12.2 Å². The van der Waals surface area contributed by atoms with E-state index in [0.29, 0.717) is 34.5 Å². The van der Waals surface area contributed by atoms with Crippen LogP contribution in [0, 0.1) is 0 Å². The van der Waals surface area contributed by atoms with Crippen molar-refractivity contribution in [1.82, 2.24) is 14.7 Å². The summed E-state index contributed by atoms with van der Waals surface area (Å²) in [5.74, 6) is 0.966. The second kappa shape index (κ2) is 13.0. The molecule has 2 aliphatic rings. The quantitative estimate of drug-likeness (QED) is 0.437. The van der Waals surface area contributed by atoms with Crippen LogP contribution in [0.2, 0.25) is 0 Å². The van der Waals surface area contributed by atoms with Crippen molar-refractivity contribution in [3.8, 4) is 11.5 Å². The standard InChI is InChI=1S/C28H37N5O4S/c1-4-30-16-18-31(19-17-30)14-5-15-32-25(20-26(34)29-21-6-10-23(36-2)11-7-21)27(35)33(28(32)38)22-8-12-24(37-3)13-9-22/h6-13,25H,4-5,14-20H2,1-3H3,(H,29,34)/t25-/m0/s1. The van der Waals surface area contributed by atoms with E-state index >= 15 is 0 Å². The number of thiocarbonyl (C=S) groups is 1. The molecule has 2 aliphatic heterocycles. The molecular weight excluding hydrogens is 502 g/mol. The maximum atomic E-state index is 13.6. The summed E-state index contributed by atoms with van der Waals surface area (Å²) >= 11 is 5.80. The lowest BCUT2D eigenvalue weighted by Gasteiger charge is -2.34. The van der Waals surface area contributed by atoms with Crippen LogP contribution < -0.4 is 19.7 Å². The monoisotopic (exact) mass is 539 g/mol. The molecule has 9 nitrogen and oxygen atoms in total. The number of carbonyl (C=O) groups is 2. The van der Waals surface area contributed by atoms with Gasteiger partial charge in [-0.1, -0.05) is 6.92 Å². The summed E-state index contributed by atoms with van der Waals surface area (Å²) < 4.78 is 10.4. The van der Waals surface area contributed by atoms with E-state index in [-0.39, 0.29) is 18.2 Å². The molecule has 10 heteroatoms. The van der Waals surface area contributed by atoms with Gasteiger partial charge < -0.3 is 29.5 Å². The molecule has 0 aliphatic carbocycles. The first-order valence-electron chi connectivity index (χ1n) is 13.1. The van der Waals surface area contributed by atoms with Crippen molar-refractivity contribution in [2.75, 3.05) is 70.2 Å². The van der Waals surface area contributed by atoms with Crippen LogP contribution in [0.25, 0.3) is 0 Å². The van der Waals surface area contributed by atoms with Gasteiger partial charge in [0.15, 0.2) is 5.11 Å². The SMILES string of the molecule is CCN1CCN(CCCN2C(=S)N(c3ccc(OC)cc3)C(=O)[C@@H]2CC(=O)Nc2ccc(OC)cc2)CC1. The Kier molecular flexibility index (Phi) is 9.54. The lowest BCUT2D eigenvalue weighted by molar-refractivity contribution is -0.124. The zero-order chi connectivity index (χ0) is 27.1. The molecular formula is C28H37N5O4S. The Labute approximate surface area is 230 Å². The molecule has 1 N–H and O–H groups in total. The summed E-state index contributed by atoms with van der Waals surface area (Å²) in [6.07, 6.45) is 0.861. The number of piperazine rings is 1. The molecule has 2 saturated heterocycles. The first-order chi connectivity index (χ1) is 18.4. The predicted molar refractivity (Wildman–Crippen MR) is 153 cm³/mol. The fourth-order valence-corrected chi connectivity index (χ4v) is 5.33. The smallest absolute Gasteiger partial charge is 0.256 e. The van der Waals surface area contributed by atoms with Gasteiger partial charge in [-0.3, -0.25) is 14.5 Å². The molecule has 2 aromatic rings. The van der Waals surface area contributed by atoms with Crippen LogP contribution in [-0.4, -0.2) is 97.7 Å². The Bertz CT molecular complexity index is 1100. The Morgan fingerprint density at radius 1 is 0.921 bits per heavy atom. The van der Waals surface area contributed by atoms with Crippen LogP contribution in [0.15, 0.2) is 48.5 Å². The fraction of sp³-hybridized carbons (Fsp3) is 0.464. The summed E-state index contributed by atoms with van der Waals surface area (Å²) in [7, 11) is 3.19. The molecule has 204 valence electrons. The Hall–Kier alpha value is -3.21. The number of hydrogen-bond acceptors (Lipinski definition) is 7. The third-order valence-electron chi connectivity index (χ3n) is 7.19. The summed E-state index contributed by atoms with van der Waals surface area (Å²) in [6.45, 7) is 9.06. The van der Waals surface area contributed by atoms with Crippen molar-refractivity contribution in [2.24, 2.45) is 0 Å². The molecule has 38 heavy (non-hydrogen) atoms. The molecule has 0 radical (unpaired) electrons. The van der Waals surface area contributed by atoms with E-state index in [1.807, 2.05) is 17.0 Å². The second-order valence-corrected chi connectivity index (χ2v) is 9.84. The first kappa shape index (κ1) is 27.8. The number of rotatable bonds is 11. The van der Waals surface area contributed by atoms with Crippen LogP contribution in [0.3, 0.4) is 0 Å². The van der Waals surface area contributed by atoms with Gasteiger partial charge in [0.25, 0.3) is 5.91 Å². The van der Waals surface area contributed by atoms with E-state index in [0.717, 1.165) is 45.7 Å². The van der Waals surface area contributed by atoms with Crippen molar-refractivity contribution < 1.29 is 19.1 Å². The van der Waals surface area contributed by atoms with Gasteiger partial charge in [-0.25, -0.2) is 0 Å². The van der Waals surface area contributed by atoms with Crippen molar-refractivity contribution >= 4 is 40.5 Å². The van der Waals surface area contributed by atoms with Crippen molar-refractivity contribution in [3.05, 3.63) is 48.5 Å². The van der Waals surface area contributed by atoms with E-state index < -0.39 is 6.04 Å². The molecule has 0 bridgehead atoms. The van der Waals surface area contributed by atoms with E-state index in [1.54, 1.807) is 55.5 Å². The second-order valence-electron chi connectivity index (χ2n) is 9.47. The molecule has 0 spiro atoms. The van der Waals surface area contributed by atoms with Crippen molar-refractivity contribution in [3.63, 3.8) is 0 Å². The highest BCUT2D eigenvalue weighted by atomic mass is 32.1. The number of anilines is 2. The lowest BCUT2D eigenvalue weighted by Crippen LogP contribution is -2.47. The summed E-state index contributed by atoms with van der Waals surface area (Å²) in [5, 5.41) is 3.33. The number of methoxy groups -OCH3 is 2. The largest absolute Gasteiger partial charge is 0.497 e. The zero-order valence-electron chi connectivity index (χ0n) is 22.4. The number of likely N-dealkylation sites (N-methyl/N-ethyl adjacent to an activating group) is 1. The third-order valence-corrected chi connectivity index (χ3v) is 7.60. The Morgan fingerprint density at radius 2 is 1.50 bits per heavy atom. The van der Waals surface area contributed by atoms with Crippen LogP contribution in [0.5, 0.6) is 11.5 Å². The maximum absolute atomic E-state index is 13.6. The highest BCUT2D eigenvalue weighted by molar-refractivity contribution is 7.80. The van der Waals surface area contributed by atoms with Gasteiger partial charge in [0.1, 0.15) is 17.5 Å². The van der Waals surface area contributed by atoms with Crippen molar-refractivity contribution in [1.29, 1.82) is 0 Å². The predicted octanol–water partition coefficient (Wildman–Crippen LogP) is 3.06. The number of hydrogen-bond donors (Lipinski definition) is 1. The zero-order valence-corrected chi connectivity index (χ0v) is 23.2. The van der Waals surface area contributed by atoms with Gasteiger partial charge >= 0.3 is 0 Å². The molecule has 2 heterocycles. The van der Waals surface area contributed by atoms with Crippen LogP contribution in [0.1, 0.15) is 19.8 Å². The van der Waals surface area contributed by atoms with Crippen LogP contribution in [0.4, 0.5) is 11.4 Å². The first-order valence-corrected chi connectivity index (χ1v) is 13.5. The molecule has 2 amide bonds. The molecule has 1 atom stereocenters. The van der Waals surface area contributed by atoms with E-state index in [2.05, 4.69) is 22.0 Å². The normalized spacial score (nSPS) is 18.7. The average molecular weight is 540 g/mol. The highest BCUT2D eigenvalue weighted by Gasteiger charge is 2.44. The maximum Gasteiger partial charge on any atom is 0.256 e. The minimum Gasteiger partial charge on any atom is -0.497 e. The van der Waals surface area contributed by atoms with E-state index in [9.17, 15) is 9.59 Å². The molecule has 2 aromatic carbocycles. The van der Waals surface area contributed by atoms with Gasteiger partial charge in [0.05, 0.1) is 26.3 Å². The van der Waals surface area contributed by atoms with Gasteiger partial charge in [-0.05, 0) is 80.3 Å². The van der Waals surface area contributed by atoms with Gasteiger partial charge in [0.2, 0.25) is 5.91 Å². The van der Waals surface area contributed by atoms with E-state index in [4.69, 9.17) is 21.7 Å². The number of ether oxygens (including phenoxy) is 2. The van der Waals surface area contributed by atoms with Crippen LogP contribution in [-0.2, 0) is 9.59 Å². The number of nitrogens with one attached hydrogen (secondary N) is 1. The van der Waals surface area contributed by atoms with Gasteiger partial charge in [-0.15, -0.1) is 0 Å². The Balaban J connectivity index is 1.45. The van der Waals surface area contributed by atoms with Gasteiger partial charge in [0, 0.05) is 38.4 Å². The summed E-state index contributed by atoms with van der Waals surface area (Å²) in [6, 6.07) is 13.7. The topological polar surface area (TPSA) is 77.6 Å². The highest BCUT2D eigenvalue weighted by Crippen LogP contribution is 2.29. The number of amides is 2. The summed E-state index contributed by atoms with van der Waals surface area (Å²) in [5.41, 5.74) is 1.31. The minimum atomic E-state index is -0.667. The van der Waals surface area contributed by atoms with Gasteiger partial charge in [-0.2, -0.15) is 0 Å². The number of benzene rings is 2. The fourth-order valence-electron chi connectivity index (χ4n) is 4.91. The summed E-state index contributed by atoms with van der Waals surface area (Å²) in [4.78, 5) is 35.0. The molecule has 0 unspecified atom stereocenters. The molecule has 4 rings (SSSR count). The molecule has 2 fully saturated rings. The molecule has 0 saturated carbocycles. The lowest BCUT2D eigenvalue weighted by atomic mass is 10.1. The minimum absolute atomic E-state index is 0.00678. The number of carbonyl (C=O) groups excluding carboxylic acids is 2. The molecule has 0 aromatic heterocycles. The third kappa shape index (κ3) is 6.61.